The van der Waals surface area contributed by atoms with E-state index in [2.05, 4.69) is 11.1 Å². The van der Waals surface area contributed by atoms with Gasteiger partial charge in [-0.3, -0.25) is 9.36 Å². The Labute approximate surface area is 143 Å². The van der Waals surface area contributed by atoms with Crippen molar-refractivity contribution < 1.29 is 0 Å². The maximum Gasteiger partial charge on any atom is 0.277 e. The molecule has 0 aliphatic carbocycles. The average molecular weight is 332 g/mol. The molecule has 2 heterocycles. The molecule has 4 heteroatoms. The van der Waals surface area contributed by atoms with Gasteiger partial charge in [0.25, 0.3) is 5.56 Å². The molecule has 0 saturated heterocycles. The van der Waals surface area contributed by atoms with Crippen molar-refractivity contribution in [1.82, 2.24) is 9.55 Å². The van der Waals surface area contributed by atoms with Gasteiger partial charge in [0.2, 0.25) is 0 Å². The summed E-state index contributed by atoms with van der Waals surface area (Å²) < 4.78 is 1.83. The zero-order valence-corrected chi connectivity index (χ0v) is 14.1. The predicted octanol–water partition coefficient (Wildman–Crippen LogP) is 4.48. The van der Waals surface area contributed by atoms with Crippen molar-refractivity contribution in [2.75, 3.05) is 0 Å². The van der Waals surface area contributed by atoms with Crippen LogP contribution in [0.5, 0.6) is 0 Å². The highest BCUT2D eigenvalue weighted by atomic mass is 32.1. The van der Waals surface area contributed by atoms with Crippen LogP contribution < -0.4 is 5.56 Å². The monoisotopic (exact) mass is 332 g/mol. The van der Waals surface area contributed by atoms with E-state index >= 15 is 0 Å². The molecule has 0 aliphatic rings. The highest BCUT2D eigenvalue weighted by Crippen LogP contribution is 2.20. The minimum atomic E-state index is -0.0484. The molecular weight excluding hydrogens is 316 g/mol. The molecular formula is C20H16N2OS. The fraction of sp³-hybridized carbons (Fsp3) is 0.100. The summed E-state index contributed by atoms with van der Waals surface area (Å²) in [6.07, 6.45) is 0. The molecule has 0 atom stereocenters. The van der Waals surface area contributed by atoms with Crippen LogP contribution in [-0.4, -0.2) is 9.55 Å². The van der Waals surface area contributed by atoms with E-state index in [1.54, 1.807) is 11.3 Å². The second kappa shape index (κ2) is 6.06. The molecule has 0 spiro atoms. The van der Waals surface area contributed by atoms with E-state index in [1.807, 2.05) is 71.5 Å². The van der Waals surface area contributed by atoms with Crippen LogP contribution in [0.4, 0.5) is 0 Å². The SMILES string of the molecule is Cc1cccc(-c2nc3ccccc3n(Cc3cccs3)c2=O)c1. The first-order valence-electron chi connectivity index (χ1n) is 7.81. The van der Waals surface area contributed by atoms with Crippen molar-refractivity contribution in [3.05, 3.63) is 86.8 Å². The van der Waals surface area contributed by atoms with Gasteiger partial charge >= 0.3 is 0 Å². The van der Waals surface area contributed by atoms with E-state index in [4.69, 9.17) is 0 Å². The topological polar surface area (TPSA) is 34.9 Å². The van der Waals surface area contributed by atoms with Gasteiger partial charge in [0.1, 0.15) is 5.69 Å². The molecule has 0 fully saturated rings. The van der Waals surface area contributed by atoms with Gasteiger partial charge in [0, 0.05) is 10.4 Å². The normalized spacial score (nSPS) is 11.0. The number of thiophene rings is 1. The number of aromatic nitrogens is 2. The minimum Gasteiger partial charge on any atom is -0.300 e. The third-order valence-electron chi connectivity index (χ3n) is 4.04. The Bertz CT molecular complexity index is 1060. The first kappa shape index (κ1) is 14.8. The molecule has 0 aliphatic heterocycles. The van der Waals surface area contributed by atoms with Gasteiger partial charge in [0.15, 0.2) is 0 Å². The summed E-state index contributed by atoms with van der Waals surface area (Å²) in [6.45, 7) is 2.59. The van der Waals surface area contributed by atoms with Crippen molar-refractivity contribution in [2.45, 2.75) is 13.5 Å². The molecule has 118 valence electrons. The van der Waals surface area contributed by atoms with Crippen LogP contribution >= 0.6 is 11.3 Å². The van der Waals surface area contributed by atoms with Gasteiger partial charge in [0.05, 0.1) is 17.6 Å². The van der Waals surface area contributed by atoms with Crippen LogP contribution in [0.2, 0.25) is 0 Å². The van der Waals surface area contributed by atoms with Gasteiger partial charge in [-0.15, -0.1) is 11.3 Å². The van der Waals surface area contributed by atoms with Crippen LogP contribution in [0.25, 0.3) is 22.3 Å². The number of rotatable bonds is 3. The molecule has 24 heavy (non-hydrogen) atoms. The van der Waals surface area contributed by atoms with Crippen LogP contribution in [-0.2, 0) is 6.54 Å². The number of hydrogen-bond donors (Lipinski definition) is 0. The Kier molecular flexibility index (Phi) is 3.75. The van der Waals surface area contributed by atoms with Crippen LogP contribution in [0.3, 0.4) is 0 Å². The lowest BCUT2D eigenvalue weighted by atomic mass is 10.1. The molecule has 0 unspecified atom stereocenters. The molecule has 0 amide bonds. The summed E-state index contributed by atoms with van der Waals surface area (Å²) in [5, 5.41) is 2.03. The maximum absolute atomic E-state index is 13.1. The number of fused-ring (bicyclic) bond motifs is 1. The first-order valence-corrected chi connectivity index (χ1v) is 8.69. The summed E-state index contributed by atoms with van der Waals surface area (Å²) in [5.41, 5.74) is 4.15. The number of hydrogen-bond acceptors (Lipinski definition) is 3. The van der Waals surface area contributed by atoms with Crippen molar-refractivity contribution >= 4 is 22.4 Å². The molecule has 0 saturated carbocycles. The highest BCUT2D eigenvalue weighted by Gasteiger charge is 2.13. The van der Waals surface area contributed by atoms with Crippen molar-refractivity contribution in [2.24, 2.45) is 0 Å². The number of para-hydroxylation sites is 2. The van der Waals surface area contributed by atoms with E-state index in [0.29, 0.717) is 12.2 Å². The average Bonchev–Trinajstić information content (AvgIpc) is 3.10. The zero-order chi connectivity index (χ0) is 16.5. The molecule has 2 aromatic heterocycles. The third kappa shape index (κ3) is 2.65. The second-order valence-electron chi connectivity index (χ2n) is 5.79. The standard InChI is InChI=1S/C20H16N2OS/c1-14-6-4-7-15(12-14)19-20(23)22(13-16-8-5-11-24-16)18-10-3-2-9-17(18)21-19/h2-12H,13H2,1H3. The molecule has 4 rings (SSSR count). The summed E-state index contributed by atoms with van der Waals surface area (Å²) in [5.74, 6) is 0. The Morgan fingerprint density at radius 2 is 1.92 bits per heavy atom. The number of nitrogens with zero attached hydrogens (tertiary/aromatic N) is 2. The fourth-order valence-electron chi connectivity index (χ4n) is 2.89. The van der Waals surface area contributed by atoms with E-state index < -0.39 is 0 Å². The molecule has 4 aromatic rings. The third-order valence-corrected chi connectivity index (χ3v) is 4.90. The maximum atomic E-state index is 13.1. The van der Waals surface area contributed by atoms with Crippen molar-refractivity contribution in [1.29, 1.82) is 0 Å². The van der Waals surface area contributed by atoms with E-state index in [9.17, 15) is 4.79 Å². The molecule has 2 aromatic carbocycles. The number of benzene rings is 2. The van der Waals surface area contributed by atoms with Crippen LogP contribution in [0, 0.1) is 6.92 Å². The summed E-state index contributed by atoms with van der Waals surface area (Å²) in [4.78, 5) is 18.9. The Morgan fingerprint density at radius 1 is 1.04 bits per heavy atom. The largest absolute Gasteiger partial charge is 0.300 e. The minimum absolute atomic E-state index is 0.0484. The van der Waals surface area contributed by atoms with Crippen LogP contribution in [0.15, 0.2) is 70.8 Å². The quantitative estimate of drug-likeness (QED) is 0.554. The smallest absolute Gasteiger partial charge is 0.277 e. The molecule has 0 N–H and O–H groups in total. The summed E-state index contributed by atoms with van der Waals surface area (Å²) in [6, 6.07) is 19.8. The van der Waals surface area contributed by atoms with E-state index in [0.717, 1.165) is 27.0 Å². The predicted molar refractivity (Wildman–Crippen MR) is 99.6 cm³/mol. The van der Waals surface area contributed by atoms with Gasteiger partial charge in [-0.05, 0) is 36.6 Å². The zero-order valence-electron chi connectivity index (χ0n) is 13.3. The van der Waals surface area contributed by atoms with Gasteiger partial charge in [-0.1, -0.05) is 42.0 Å². The lowest BCUT2D eigenvalue weighted by molar-refractivity contribution is 0.801. The van der Waals surface area contributed by atoms with Gasteiger partial charge in [-0.25, -0.2) is 4.98 Å². The highest BCUT2D eigenvalue weighted by molar-refractivity contribution is 7.09. The fourth-order valence-corrected chi connectivity index (χ4v) is 3.58. The second-order valence-corrected chi connectivity index (χ2v) is 6.82. The van der Waals surface area contributed by atoms with E-state index in [1.165, 1.54) is 0 Å². The lowest BCUT2D eigenvalue weighted by Gasteiger charge is -2.12. The van der Waals surface area contributed by atoms with Crippen LogP contribution in [0.1, 0.15) is 10.4 Å². The molecule has 0 bridgehead atoms. The Balaban J connectivity index is 1.99. The lowest BCUT2D eigenvalue weighted by Crippen LogP contribution is -2.24. The molecule has 3 nitrogen and oxygen atoms in total. The number of aryl methyl sites for hydroxylation is 1. The summed E-state index contributed by atoms with van der Waals surface area (Å²) in [7, 11) is 0. The van der Waals surface area contributed by atoms with Gasteiger partial charge < -0.3 is 0 Å². The Hall–Kier alpha value is -2.72. The van der Waals surface area contributed by atoms with Gasteiger partial charge in [-0.2, -0.15) is 0 Å². The summed E-state index contributed by atoms with van der Waals surface area (Å²) >= 11 is 1.66. The molecule has 0 radical (unpaired) electrons. The Morgan fingerprint density at radius 3 is 2.71 bits per heavy atom. The van der Waals surface area contributed by atoms with Crippen molar-refractivity contribution in [3.8, 4) is 11.3 Å². The van der Waals surface area contributed by atoms with Crippen molar-refractivity contribution in [3.63, 3.8) is 0 Å². The van der Waals surface area contributed by atoms with E-state index in [-0.39, 0.29) is 5.56 Å². The first-order chi connectivity index (χ1) is 11.7.